The lowest BCUT2D eigenvalue weighted by molar-refractivity contribution is -0.250. The van der Waals surface area contributed by atoms with Crippen LogP contribution in [0.2, 0.25) is 0 Å². The fraction of sp³-hybridized carbons (Fsp3) is 0.667. The van der Waals surface area contributed by atoms with Crippen LogP contribution in [-0.4, -0.2) is 54.6 Å². The quantitative estimate of drug-likeness (QED) is 0.481. The largest absolute Gasteiger partial charge is 0.455 e. The van der Waals surface area contributed by atoms with Crippen molar-refractivity contribution < 1.29 is 42.9 Å². The van der Waals surface area contributed by atoms with Crippen molar-refractivity contribution in [1.29, 1.82) is 0 Å². The molecule has 0 unspecified atom stereocenters. The molecule has 0 aromatic heterocycles. The van der Waals surface area contributed by atoms with Gasteiger partial charge in [-0.2, -0.15) is 0 Å². The molecule has 2 bridgehead atoms. The van der Waals surface area contributed by atoms with E-state index in [2.05, 4.69) is 0 Å². The molecule has 5 atom stereocenters. The van der Waals surface area contributed by atoms with Gasteiger partial charge in [0.1, 0.15) is 0 Å². The molecular formula is C12H14O9. The first-order chi connectivity index (χ1) is 9.79. The third-order valence-electron chi connectivity index (χ3n) is 2.87. The van der Waals surface area contributed by atoms with Gasteiger partial charge in [-0.05, 0) is 0 Å². The first-order valence-corrected chi connectivity index (χ1v) is 6.17. The van der Waals surface area contributed by atoms with Crippen molar-refractivity contribution in [2.24, 2.45) is 0 Å². The van der Waals surface area contributed by atoms with Crippen LogP contribution in [0.1, 0.15) is 20.8 Å². The highest BCUT2D eigenvalue weighted by Gasteiger charge is 2.60. The van der Waals surface area contributed by atoms with Crippen LogP contribution in [0, 0.1) is 0 Å². The second-order valence-electron chi connectivity index (χ2n) is 4.58. The van der Waals surface area contributed by atoms with E-state index in [1.54, 1.807) is 0 Å². The van der Waals surface area contributed by atoms with E-state index in [0.29, 0.717) is 0 Å². The van der Waals surface area contributed by atoms with Gasteiger partial charge in [-0.25, -0.2) is 4.79 Å². The summed E-state index contributed by atoms with van der Waals surface area (Å²) in [5, 5.41) is 0. The number of carbonyl (C=O) groups is 4. The Kier molecular flexibility index (Phi) is 4.12. The molecule has 0 radical (unpaired) electrons. The monoisotopic (exact) mass is 302 g/mol. The van der Waals surface area contributed by atoms with Crippen LogP contribution in [0.25, 0.3) is 0 Å². The van der Waals surface area contributed by atoms with E-state index >= 15 is 0 Å². The van der Waals surface area contributed by atoms with Gasteiger partial charge in [0.15, 0.2) is 18.3 Å². The van der Waals surface area contributed by atoms with Gasteiger partial charge in [0, 0.05) is 20.8 Å². The predicted octanol–water partition coefficient (Wildman–Crippen LogP) is -0.937. The SMILES string of the molecule is CC(=O)O[C@@H]1[C@@H](OC(C)=O)[C@@H]2OC(=O)[C@@H](O2)[C@H]1OC(C)=O. The van der Waals surface area contributed by atoms with E-state index in [4.69, 9.17) is 23.7 Å². The molecular weight excluding hydrogens is 288 g/mol. The molecule has 0 saturated carbocycles. The summed E-state index contributed by atoms with van der Waals surface area (Å²) < 4.78 is 25.1. The van der Waals surface area contributed by atoms with Gasteiger partial charge in [0.25, 0.3) is 0 Å². The second kappa shape index (κ2) is 5.68. The number of hydrogen-bond donors (Lipinski definition) is 0. The first-order valence-electron chi connectivity index (χ1n) is 6.17. The lowest BCUT2D eigenvalue weighted by atomic mass is 10.00. The Morgan fingerprint density at radius 3 is 1.86 bits per heavy atom. The number of rotatable bonds is 3. The minimum Gasteiger partial charge on any atom is -0.455 e. The van der Waals surface area contributed by atoms with E-state index in [9.17, 15) is 19.2 Å². The number of hydrogen-bond acceptors (Lipinski definition) is 9. The zero-order valence-electron chi connectivity index (χ0n) is 11.6. The summed E-state index contributed by atoms with van der Waals surface area (Å²) in [6.45, 7) is 3.39. The zero-order valence-corrected chi connectivity index (χ0v) is 11.6. The van der Waals surface area contributed by atoms with E-state index in [-0.39, 0.29) is 0 Å². The molecule has 21 heavy (non-hydrogen) atoms. The molecule has 2 heterocycles. The summed E-state index contributed by atoms with van der Waals surface area (Å²) in [5.74, 6) is -2.87. The minimum absolute atomic E-state index is 0.691. The van der Waals surface area contributed by atoms with Crippen molar-refractivity contribution in [1.82, 2.24) is 0 Å². The van der Waals surface area contributed by atoms with E-state index < -0.39 is 54.6 Å². The van der Waals surface area contributed by atoms with Gasteiger partial charge < -0.3 is 23.7 Å². The molecule has 9 heteroatoms. The number of fused-ring (bicyclic) bond motifs is 2. The van der Waals surface area contributed by atoms with Crippen molar-refractivity contribution in [2.75, 3.05) is 0 Å². The summed E-state index contributed by atoms with van der Waals surface area (Å²) in [5.41, 5.74) is 0. The average Bonchev–Trinajstić information content (AvgIpc) is 2.67. The van der Waals surface area contributed by atoms with Crippen LogP contribution in [0.4, 0.5) is 0 Å². The van der Waals surface area contributed by atoms with Crippen molar-refractivity contribution >= 4 is 23.9 Å². The van der Waals surface area contributed by atoms with Crippen molar-refractivity contribution in [3.63, 3.8) is 0 Å². The Hall–Kier alpha value is -2.16. The van der Waals surface area contributed by atoms with E-state index in [1.165, 1.54) is 0 Å². The van der Waals surface area contributed by atoms with Gasteiger partial charge in [-0.15, -0.1) is 0 Å². The summed E-state index contributed by atoms with van der Waals surface area (Å²) in [4.78, 5) is 45.2. The van der Waals surface area contributed by atoms with Crippen molar-refractivity contribution in [3.8, 4) is 0 Å². The Morgan fingerprint density at radius 1 is 0.857 bits per heavy atom. The second-order valence-corrected chi connectivity index (χ2v) is 4.58. The molecule has 2 fully saturated rings. The lowest BCUT2D eigenvalue weighted by Crippen LogP contribution is -2.58. The topological polar surface area (TPSA) is 114 Å². The molecule has 0 spiro atoms. The summed E-state index contributed by atoms with van der Waals surface area (Å²) >= 11 is 0. The molecule has 2 rings (SSSR count). The Labute approximate surface area is 119 Å². The van der Waals surface area contributed by atoms with Crippen LogP contribution >= 0.6 is 0 Å². The zero-order chi connectivity index (χ0) is 15.7. The van der Waals surface area contributed by atoms with Crippen LogP contribution < -0.4 is 0 Å². The average molecular weight is 302 g/mol. The molecule has 0 aromatic rings. The Bertz CT molecular complexity index is 485. The summed E-state index contributed by atoms with van der Waals surface area (Å²) in [6, 6.07) is 0. The van der Waals surface area contributed by atoms with Gasteiger partial charge in [-0.1, -0.05) is 0 Å². The maximum Gasteiger partial charge on any atom is 0.341 e. The highest BCUT2D eigenvalue weighted by molar-refractivity contribution is 5.79. The summed E-state index contributed by atoms with van der Waals surface area (Å²) in [7, 11) is 0. The molecule has 2 saturated heterocycles. The maximum absolute atomic E-state index is 11.7. The number of ether oxygens (including phenoxy) is 5. The van der Waals surface area contributed by atoms with Crippen LogP contribution in [0.3, 0.4) is 0 Å². The molecule has 0 aromatic carbocycles. The summed E-state index contributed by atoms with van der Waals surface area (Å²) in [6.07, 6.45) is -6.08. The van der Waals surface area contributed by atoms with E-state index in [0.717, 1.165) is 20.8 Å². The smallest absolute Gasteiger partial charge is 0.341 e. The Balaban J connectivity index is 2.32. The normalized spacial score (nSPS) is 33.9. The number of carbonyl (C=O) groups excluding carboxylic acids is 4. The predicted molar refractivity (Wildman–Crippen MR) is 61.4 cm³/mol. The minimum atomic E-state index is -1.25. The van der Waals surface area contributed by atoms with Crippen LogP contribution in [-0.2, 0) is 42.9 Å². The third-order valence-corrected chi connectivity index (χ3v) is 2.87. The fourth-order valence-corrected chi connectivity index (χ4v) is 2.24. The highest BCUT2D eigenvalue weighted by atomic mass is 16.8. The molecule has 0 N–H and O–H groups in total. The molecule has 0 aliphatic carbocycles. The van der Waals surface area contributed by atoms with Gasteiger partial charge >= 0.3 is 23.9 Å². The standard InChI is InChI=1S/C12H14O9/c1-4(13)17-7-8(18-5(2)14)10(19-6(3)15)12-20-9(7)11(16)21-12/h7-10,12H,1-3H3/t7-,8-,9-,10+,12-/m0/s1. The molecule has 116 valence electrons. The molecule has 0 amide bonds. The van der Waals surface area contributed by atoms with E-state index in [1.807, 2.05) is 0 Å². The highest BCUT2D eigenvalue weighted by Crippen LogP contribution is 2.34. The third kappa shape index (κ3) is 3.13. The van der Waals surface area contributed by atoms with Crippen molar-refractivity contribution in [3.05, 3.63) is 0 Å². The fourth-order valence-electron chi connectivity index (χ4n) is 2.24. The van der Waals surface area contributed by atoms with Gasteiger partial charge in [-0.3, -0.25) is 14.4 Å². The van der Waals surface area contributed by atoms with Crippen LogP contribution in [0.15, 0.2) is 0 Å². The lowest BCUT2D eigenvalue weighted by Gasteiger charge is -2.37. The molecule has 2 aliphatic heterocycles. The Morgan fingerprint density at radius 2 is 1.33 bits per heavy atom. The van der Waals surface area contributed by atoms with Crippen LogP contribution in [0.5, 0.6) is 0 Å². The first kappa shape index (κ1) is 15.2. The van der Waals surface area contributed by atoms with Gasteiger partial charge in [0.2, 0.25) is 12.4 Å². The maximum atomic E-state index is 11.7. The molecule has 2 aliphatic rings. The number of esters is 4. The van der Waals surface area contributed by atoms with Gasteiger partial charge in [0.05, 0.1) is 0 Å². The molecule has 9 nitrogen and oxygen atoms in total. The van der Waals surface area contributed by atoms with Crippen molar-refractivity contribution in [2.45, 2.75) is 51.5 Å².